The molecule has 0 spiro atoms. The molecule has 0 N–H and O–H groups in total. The van der Waals surface area contributed by atoms with Gasteiger partial charge in [-0.05, 0) is 82.7 Å². The quantitative estimate of drug-likeness (QED) is 0.124. The van der Waals surface area contributed by atoms with Gasteiger partial charge in [0.15, 0.2) is 0 Å². The maximum atomic E-state index is 12.3. The first kappa shape index (κ1) is 41.8. The molecule has 10 nitrogen and oxygen atoms in total. The summed E-state index contributed by atoms with van der Waals surface area (Å²) >= 11 is 4.70. The number of esters is 1. The molecule has 12 heteroatoms. The summed E-state index contributed by atoms with van der Waals surface area (Å²) in [6, 6.07) is 0. The SMILES string of the molecule is C=CC1=C(C)C(C=C2[N-]C(=O)C3=C2OC(=O)CC3)=NC1=Cc1[n-]c(C=C2N=CC(CCC(C)=O)=C2C)c(C=C)c1C.CC(=O)CC(C[S-])C(C)=O.[Fe+3]. The minimum atomic E-state index is -0.379. The molecule has 0 fully saturated rings. The second-order valence-corrected chi connectivity index (χ2v) is 13.0. The van der Waals surface area contributed by atoms with Crippen molar-refractivity contribution in [3.63, 3.8) is 0 Å². The van der Waals surface area contributed by atoms with Crippen LogP contribution in [0, 0.1) is 12.8 Å². The number of Topliss-reactive ketones (excluding diaryl/α,β-unsaturated/α-hetero) is 3. The first-order valence-corrected chi connectivity index (χ1v) is 17.2. The van der Waals surface area contributed by atoms with Crippen molar-refractivity contribution in [2.75, 3.05) is 5.75 Å². The van der Waals surface area contributed by atoms with Crippen molar-refractivity contribution in [1.82, 2.24) is 4.98 Å². The van der Waals surface area contributed by atoms with Crippen molar-refractivity contribution < 1.29 is 45.8 Å². The predicted molar refractivity (Wildman–Crippen MR) is 202 cm³/mol. The van der Waals surface area contributed by atoms with Crippen LogP contribution in [-0.4, -0.2) is 46.9 Å². The Morgan fingerprint density at radius 3 is 2.23 bits per heavy atom. The van der Waals surface area contributed by atoms with Gasteiger partial charge in [0.25, 0.3) is 0 Å². The normalized spacial score (nSPS) is 19.3. The Morgan fingerprint density at radius 2 is 1.65 bits per heavy atom. The summed E-state index contributed by atoms with van der Waals surface area (Å²) < 4.78 is 5.35. The van der Waals surface area contributed by atoms with Crippen LogP contribution in [-0.2, 0) is 58.4 Å². The van der Waals surface area contributed by atoms with Crippen LogP contribution >= 0.6 is 0 Å². The van der Waals surface area contributed by atoms with Gasteiger partial charge in [0.1, 0.15) is 23.1 Å². The Hall–Kier alpha value is -4.64. The Balaban J connectivity index is 0.000000581. The van der Waals surface area contributed by atoms with Crippen molar-refractivity contribution >= 4 is 72.0 Å². The first-order chi connectivity index (χ1) is 24.2. The van der Waals surface area contributed by atoms with Gasteiger partial charge >= 0.3 is 23.0 Å². The topological polar surface area (TPSA) is 148 Å². The number of allylic oxidation sites excluding steroid dienone is 5. The molecule has 271 valence electrons. The molecule has 0 aliphatic carbocycles. The number of ketones is 3. The summed E-state index contributed by atoms with van der Waals surface area (Å²) in [5.74, 6) is -0.202. The molecule has 4 aliphatic rings. The Bertz CT molecular complexity index is 2000. The van der Waals surface area contributed by atoms with Crippen molar-refractivity contribution in [2.45, 2.75) is 73.6 Å². The Kier molecular flexibility index (Phi) is 14.6. The number of aromatic nitrogens is 1. The van der Waals surface area contributed by atoms with Crippen LogP contribution in [0.25, 0.3) is 23.5 Å². The van der Waals surface area contributed by atoms with E-state index in [1.807, 2.05) is 39.1 Å². The van der Waals surface area contributed by atoms with E-state index < -0.39 is 0 Å². The number of hydrogen-bond donors (Lipinski definition) is 0. The van der Waals surface area contributed by atoms with Gasteiger partial charge in [0, 0.05) is 36.1 Å². The van der Waals surface area contributed by atoms with E-state index in [4.69, 9.17) is 27.3 Å². The number of rotatable bonds is 12. The zero-order chi connectivity index (χ0) is 37.6. The third-order valence-electron chi connectivity index (χ3n) is 8.90. The van der Waals surface area contributed by atoms with E-state index in [0.717, 1.165) is 50.5 Å². The zero-order valence-corrected chi connectivity index (χ0v) is 32.1. The maximum absolute atomic E-state index is 12.3. The third kappa shape index (κ3) is 9.61. The van der Waals surface area contributed by atoms with Gasteiger partial charge in [-0.2, -0.15) is 5.75 Å². The zero-order valence-electron chi connectivity index (χ0n) is 30.2. The molecule has 0 bridgehead atoms. The second-order valence-electron chi connectivity index (χ2n) is 12.6. The molecule has 1 amide bonds. The van der Waals surface area contributed by atoms with Crippen LogP contribution in [0.15, 0.2) is 86.0 Å². The molecule has 1 atom stereocenters. The van der Waals surface area contributed by atoms with Crippen molar-refractivity contribution in [3.8, 4) is 0 Å². The van der Waals surface area contributed by atoms with E-state index in [1.54, 1.807) is 25.2 Å². The van der Waals surface area contributed by atoms with Gasteiger partial charge in [0.05, 0.1) is 29.4 Å². The van der Waals surface area contributed by atoms with E-state index in [-0.39, 0.29) is 64.4 Å². The maximum Gasteiger partial charge on any atom is 3.00 e. The molecule has 4 aliphatic heterocycles. The van der Waals surface area contributed by atoms with Crippen LogP contribution in [0.1, 0.15) is 89.2 Å². The van der Waals surface area contributed by atoms with E-state index in [9.17, 15) is 24.0 Å². The van der Waals surface area contributed by atoms with Crippen LogP contribution < -0.4 is 4.98 Å². The summed E-state index contributed by atoms with van der Waals surface area (Å²) in [5, 5.41) is 4.11. The minimum Gasteiger partial charge on any atom is -0.792 e. The van der Waals surface area contributed by atoms with E-state index in [1.165, 1.54) is 13.8 Å². The molecule has 0 aromatic carbocycles. The number of ether oxygens (including phenoxy) is 1. The predicted octanol–water partition coefficient (Wildman–Crippen LogP) is 7.11. The summed E-state index contributed by atoms with van der Waals surface area (Å²) in [5.41, 5.74) is 9.90. The first-order valence-electron chi connectivity index (χ1n) is 16.6. The standard InChI is InChI=1S/C33H31N4O4.C7H12O2S.Fe/c1-7-22-19(5)26(35-28(22)13-25-18(4)21(16-34-25)10-9-17(3)38)14-29-23(8-2)20(6)27(36-29)15-30-32-24(33(40)37-30)11-12-31(39)41-32;1-5(8)3-7(4-10)6(2)9;/h7-8,13-16H,1-2,9-12H2,3-6H3,(H-,34,35,36,37,40);7,10H,3-4H2,1-2H3;/q-1;;+3/p-2. The summed E-state index contributed by atoms with van der Waals surface area (Å²) in [4.78, 5) is 71.1. The number of carbonyl (C=O) groups excluding carboxylic acids is 5. The molecule has 1 aromatic heterocycles. The number of carbonyl (C=O) groups is 5. The molecule has 1 unspecified atom stereocenters. The molecular formula is C40H41FeN4O6S. The van der Waals surface area contributed by atoms with E-state index in [2.05, 4.69) is 23.5 Å². The third-order valence-corrected chi connectivity index (χ3v) is 9.30. The van der Waals surface area contributed by atoms with Crippen molar-refractivity contribution in [1.29, 1.82) is 0 Å². The van der Waals surface area contributed by atoms with Gasteiger partial charge in [-0.1, -0.05) is 48.7 Å². The van der Waals surface area contributed by atoms with Gasteiger partial charge < -0.3 is 42.1 Å². The fourth-order valence-corrected chi connectivity index (χ4v) is 6.15. The largest absolute Gasteiger partial charge is 3.00 e. The summed E-state index contributed by atoms with van der Waals surface area (Å²) in [6.07, 6.45) is 12.8. The average Bonchev–Trinajstić information content (AvgIpc) is 3.77. The van der Waals surface area contributed by atoms with Crippen LogP contribution in [0.5, 0.6) is 0 Å². The molecule has 5 rings (SSSR count). The number of amides is 1. The monoisotopic (exact) mass is 761 g/mol. The number of hydrogen-bond acceptors (Lipinski definition) is 9. The molecule has 0 saturated heterocycles. The van der Waals surface area contributed by atoms with Gasteiger partial charge in [-0.25, -0.2) is 4.99 Å². The van der Waals surface area contributed by atoms with Gasteiger partial charge in [0.2, 0.25) is 0 Å². The van der Waals surface area contributed by atoms with Gasteiger partial charge in [-0.3, -0.25) is 14.6 Å². The molecule has 1 radical (unpaired) electrons. The molecular weight excluding hydrogens is 720 g/mol. The number of aliphatic imine (C=N–C) groups is 2. The van der Waals surface area contributed by atoms with Crippen LogP contribution in [0.4, 0.5) is 0 Å². The van der Waals surface area contributed by atoms with E-state index >= 15 is 0 Å². The Morgan fingerprint density at radius 1 is 0.962 bits per heavy atom. The van der Waals surface area contributed by atoms with Gasteiger partial charge in [-0.15, -0.1) is 11.4 Å². The minimum absolute atomic E-state index is 0. The fraction of sp³-hybridized carbons (Fsp3) is 0.325. The second kappa shape index (κ2) is 18.2. The molecule has 0 saturated carbocycles. The summed E-state index contributed by atoms with van der Waals surface area (Å²) in [7, 11) is 0. The van der Waals surface area contributed by atoms with E-state index in [0.29, 0.717) is 54.1 Å². The number of nitrogens with zero attached hydrogens (tertiary/aromatic N) is 4. The molecule has 5 heterocycles. The Labute approximate surface area is 320 Å². The average molecular weight is 762 g/mol. The van der Waals surface area contributed by atoms with Crippen LogP contribution in [0.2, 0.25) is 0 Å². The van der Waals surface area contributed by atoms with Crippen molar-refractivity contribution in [3.05, 3.63) is 104 Å². The van der Waals surface area contributed by atoms with Crippen LogP contribution in [0.3, 0.4) is 0 Å². The fourth-order valence-electron chi connectivity index (χ4n) is 5.80. The van der Waals surface area contributed by atoms with Crippen molar-refractivity contribution in [2.24, 2.45) is 15.9 Å². The summed E-state index contributed by atoms with van der Waals surface area (Å²) in [6.45, 7) is 18.4. The smallest absolute Gasteiger partial charge is 0.792 e. The molecule has 1 aromatic rings. The molecule has 52 heavy (non-hydrogen) atoms.